The van der Waals surface area contributed by atoms with Crippen molar-refractivity contribution in [2.75, 3.05) is 13.1 Å². The molecule has 1 saturated heterocycles. The van der Waals surface area contributed by atoms with E-state index in [0.717, 1.165) is 5.39 Å². The molecule has 1 amide bonds. The number of hydrogen-bond donors (Lipinski definition) is 3. The lowest BCUT2D eigenvalue weighted by Crippen LogP contribution is -2.37. The fraction of sp³-hybridized carbons (Fsp3) is 0.350. The molecule has 0 unspecified atom stereocenters. The average molecular weight is 398 g/mol. The Morgan fingerprint density at radius 1 is 1.10 bits per heavy atom. The minimum atomic E-state index is -0.599. The number of halogens is 1. The number of aromatic nitrogens is 3. The number of H-pyrrole nitrogens is 3. The zero-order chi connectivity index (χ0) is 20.2. The van der Waals surface area contributed by atoms with Crippen LogP contribution < -0.4 is 16.0 Å². The summed E-state index contributed by atoms with van der Waals surface area (Å²) in [6.45, 7) is 1.01. The number of rotatable bonds is 1. The van der Waals surface area contributed by atoms with Crippen molar-refractivity contribution >= 4 is 16.8 Å². The lowest BCUT2D eigenvalue weighted by atomic mass is 9.90. The quantitative estimate of drug-likeness (QED) is 0.579. The van der Waals surface area contributed by atoms with E-state index in [0.29, 0.717) is 55.5 Å². The monoisotopic (exact) mass is 398 g/mol. The number of ether oxygens (including phenoxy) is 1. The molecule has 1 aromatic carbocycles. The summed E-state index contributed by atoms with van der Waals surface area (Å²) in [6, 6.07) is 6.09. The summed E-state index contributed by atoms with van der Waals surface area (Å²) in [5.41, 5.74) is -0.176. The van der Waals surface area contributed by atoms with Gasteiger partial charge in [0.05, 0.1) is 5.56 Å². The highest BCUT2D eigenvalue weighted by molar-refractivity contribution is 5.98. The standard InChI is InChI=1S/C20H19FN4O4/c21-12-3-2-11-8-15(22-14(11)9-12)18(27)25-6-1-4-20(5-7-25)10-13-16(26)23-19(28)24-17(13)29-20/h2-3,8-9,22H,1,4-7,10H2,(H2,23,24,26,28)/t20-/m1/s1. The Morgan fingerprint density at radius 3 is 2.83 bits per heavy atom. The topological polar surface area (TPSA) is 111 Å². The number of fused-ring (bicyclic) bond motifs is 2. The molecule has 4 heterocycles. The molecule has 1 atom stereocenters. The van der Waals surface area contributed by atoms with E-state index in [4.69, 9.17) is 4.74 Å². The molecule has 9 heteroatoms. The van der Waals surface area contributed by atoms with E-state index in [-0.39, 0.29) is 17.6 Å². The lowest BCUT2D eigenvalue weighted by Gasteiger charge is -2.27. The molecule has 2 aromatic heterocycles. The summed E-state index contributed by atoms with van der Waals surface area (Å²) < 4.78 is 19.4. The van der Waals surface area contributed by atoms with E-state index >= 15 is 0 Å². The number of amides is 1. The van der Waals surface area contributed by atoms with Crippen LogP contribution in [-0.2, 0) is 6.42 Å². The van der Waals surface area contributed by atoms with Gasteiger partial charge in [-0.2, -0.15) is 0 Å². The van der Waals surface area contributed by atoms with Gasteiger partial charge in [0.15, 0.2) is 0 Å². The van der Waals surface area contributed by atoms with Crippen LogP contribution >= 0.6 is 0 Å². The second-order valence-corrected chi connectivity index (χ2v) is 7.74. The molecule has 0 radical (unpaired) electrons. The van der Waals surface area contributed by atoms with Gasteiger partial charge in [0.2, 0.25) is 5.88 Å². The van der Waals surface area contributed by atoms with Crippen LogP contribution in [0.25, 0.3) is 10.9 Å². The van der Waals surface area contributed by atoms with Gasteiger partial charge in [-0.15, -0.1) is 0 Å². The normalized spacial score (nSPS) is 21.2. The first-order valence-corrected chi connectivity index (χ1v) is 9.55. The van der Waals surface area contributed by atoms with Crippen molar-refractivity contribution in [2.24, 2.45) is 0 Å². The first kappa shape index (κ1) is 17.7. The van der Waals surface area contributed by atoms with Crippen molar-refractivity contribution in [3.05, 3.63) is 62.2 Å². The molecule has 29 heavy (non-hydrogen) atoms. The molecule has 150 valence electrons. The predicted molar refractivity (Wildman–Crippen MR) is 103 cm³/mol. The van der Waals surface area contributed by atoms with Crippen LogP contribution in [0.15, 0.2) is 33.9 Å². The summed E-state index contributed by atoms with van der Waals surface area (Å²) in [4.78, 5) is 46.1. The van der Waals surface area contributed by atoms with E-state index in [9.17, 15) is 18.8 Å². The number of aromatic amines is 3. The van der Waals surface area contributed by atoms with E-state index in [1.807, 2.05) is 0 Å². The fourth-order valence-electron chi connectivity index (χ4n) is 4.35. The Morgan fingerprint density at radius 2 is 1.97 bits per heavy atom. The maximum Gasteiger partial charge on any atom is 0.328 e. The molecule has 8 nitrogen and oxygen atoms in total. The summed E-state index contributed by atoms with van der Waals surface area (Å²) in [7, 11) is 0. The Bertz CT molecular complexity index is 1240. The number of carbonyl (C=O) groups excluding carboxylic acids is 1. The van der Waals surface area contributed by atoms with Gasteiger partial charge >= 0.3 is 5.69 Å². The van der Waals surface area contributed by atoms with Crippen molar-refractivity contribution < 1.29 is 13.9 Å². The van der Waals surface area contributed by atoms with Crippen molar-refractivity contribution in [2.45, 2.75) is 31.3 Å². The molecular weight excluding hydrogens is 379 g/mol. The van der Waals surface area contributed by atoms with E-state index in [1.54, 1.807) is 17.0 Å². The van der Waals surface area contributed by atoms with E-state index in [2.05, 4.69) is 15.0 Å². The van der Waals surface area contributed by atoms with Gasteiger partial charge in [-0.05, 0) is 37.1 Å². The molecule has 1 fully saturated rings. The van der Waals surface area contributed by atoms with Gasteiger partial charge in [-0.3, -0.25) is 19.6 Å². The molecular formula is C20H19FN4O4. The summed E-state index contributed by atoms with van der Waals surface area (Å²) in [5, 5.41) is 0.777. The Labute approximate surface area is 163 Å². The van der Waals surface area contributed by atoms with Crippen molar-refractivity contribution in [3.8, 4) is 5.88 Å². The molecule has 0 saturated carbocycles. The number of hydrogen-bond acceptors (Lipinski definition) is 4. The number of carbonyl (C=O) groups is 1. The van der Waals surface area contributed by atoms with Crippen LogP contribution in [0.1, 0.15) is 35.3 Å². The minimum absolute atomic E-state index is 0.152. The Balaban J connectivity index is 1.36. The first-order chi connectivity index (χ1) is 13.9. The second-order valence-electron chi connectivity index (χ2n) is 7.74. The summed E-state index contributed by atoms with van der Waals surface area (Å²) in [5.74, 6) is -0.280. The Hall–Kier alpha value is -3.36. The van der Waals surface area contributed by atoms with Gasteiger partial charge in [0.25, 0.3) is 11.5 Å². The SMILES string of the molecule is O=C(c1cc2ccc(F)cc2[nH]1)N1CCC[C@@]2(CC1)Cc1c([nH]c(=O)[nH]c1=O)O2. The number of nitrogens with one attached hydrogen (secondary N) is 3. The van der Waals surface area contributed by atoms with E-state index < -0.39 is 16.9 Å². The highest BCUT2D eigenvalue weighted by Gasteiger charge is 2.43. The van der Waals surface area contributed by atoms with Gasteiger partial charge in [0.1, 0.15) is 17.1 Å². The average Bonchev–Trinajstić information content (AvgIpc) is 3.18. The maximum atomic E-state index is 13.4. The van der Waals surface area contributed by atoms with Crippen LogP contribution in [0.2, 0.25) is 0 Å². The van der Waals surface area contributed by atoms with Crippen molar-refractivity contribution in [3.63, 3.8) is 0 Å². The van der Waals surface area contributed by atoms with Gasteiger partial charge < -0.3 is 14.6 Å². The molecule has 3 aromatic rings. The molecule has 0 aliphatic carbocycles. The highest BCUT2D eigenvalue weighted by atomic mass is 19.1. The van der Waals surface area contributed by atoms with Crippen LogP contribution in [0.5, 0.6) is 5.88 Å². The van der Waals surface area contributed by atoms with Crippen LogP contribution in [0, 0.1) is 5.82 Å². The molecule has 0 bridgehead atoms. The Kier molecular flexibility index (Phi) is 3.87. The molecule has 1 spiro atoms. The largest absolute Gasteiger partial charge is 0.471 e. The smallest absolute Gasteiger partial charge is 0.328 e. The third-order valence-electron chi connectivity index (χ3n) is 5.82. The van der Waals surface area contributed by atoms with Crippen molar-refractivity contribution in [1.29, 1.82) is 0 Å². The molecule has 2 aliphatic rings. The zero-order valence-corrected chi connectivity index (χ0v) is 15.5. The molecule has 2 aliphatic heterocycles. The predicted octanol–water partition coefficient (Wildman–Crippen LogP) is 1.68. The number of benzene rings is 1. The van der Waals surface area contributed by atoms with Crippen LogP contribution in [-0.4, -0.2) is 44.4 Å². The molecule has 5 rings (SSSR count). The van der Waals surface area contributed by atoms with Crippen molar-refractivity contribution in [1.82, 2.24) is 19.9 Å². The van der Waals surface area contributed by atoms with Gasteiger partial charge in [0, 0.05) is 36.8 Å². The minimum Gasteiger partial charge on any atom is -0.471 e. The number of nitrogens with zero attached hydrogens (tertiary/aromatic N) is 1. The molecule has 3 N–H and O–H groups in total. The van der Waals surface area contributed by atoms with Gasteiger partial charge in [-0.25, -0.2) is 9.18 Å². The third-order valence-corrected chi connectivity index (χ3v) is 5.82. The fourth-order valence-corrected chi connectivity index (χ4v) is 4.35. The summed E-state index contributed by atoms with van der Waals surface area (Å²) >= 11 is 0. The maximum absolute atomic E-state index is 13.4. The first-order valence-electron chi connectivity index (χ1n) is 9.55. The highest BCUT2D eigenvalue weighted by Crippen LogP contribution is 2.38. The van der Waals surface area contributed by atoms with Gasteiger partial charge in [-0.1, -0.05) is 0 Å². The lowest BCUT2D eigenvalue weighted by molar-refractivity contribution is 0.0655. The second kappa shape index (κ2) is 6.33. The van der Waals surface area contributed by atoms with Crippen LogP contribution in [0.3, 0.4) is 0 Å². The summed E-state index contributed by atoms with van der Waals surface area (Å²) in [6.07, 6.45) is 2.33. The number of likely N-dealkylation sites (tertiary alicyclic amines) is 1. The third kappa shape index (κ3) is 3.02. The van der Waals surface area contributed by atoms with Crippen LogP contribution in [0.4, 0.5) is 4.39 Å². The zero-order valence-electron chi connectivity index (χ0n) is 15.5. The van der Waals surface area contributed by atoms with E-state index in [1.165, 1.54) is 12.1 Å².